The monoisotopic (exact) mass is 135 g/mol. The van der Waals surface area contributed by atoms with Gasteiger partial charge < -0.3 is 21.1 Å². The quantitative estimate of drug-likeness (QED) is 0.402. The van der Waals surface area contributed by atoms with E-state index < -0.39 is 12.2 Å². The van der Waals surface area contributed by atoms with Gasteiger partial charge in [-0.2, -0.15) is 0 Å². The second-order valence-electron chi connectivity index (χ2n) is 0.926. The molecule has 7 nitrogen and oxygen atoms in total. The first-order valence-corrected chi connectivity index (χ1v) is 1.80. The lowest BCUT2D eigenvalue weighted by molar-refractivity contribution is -0.0792. The minimum Gasteiger partial charge on any atom is -0.333 e. The molecular weight excluding hydrogens is 130 g/mol. The first-order valence-electron chi connectivity index (χ1n) is 1.80. The Bertz CT molecular complexity index is 109. The Balaban J connectivity index is 3.10. The van der Waals surface area contributed by atoms with Gasteiger partial charge in [-0.1, -0.05) is 0 Å². The summed E-state index contributed by atoms with van der Waals surface area (Å²) in [5, 5.41) is 0. The molecule has 0 aliphatic heterocycles. The summed E-state index contributed by atoms with van der Waals surface area (Å²) in [5.41, 5.74) is 10.3. The number of rotatable bonds is 2. The number of hydrogen-bond acceptors (Lipinski definition) is 5. The van der Waals surface area contributed by atoms with Crippen LogP contribution in [-0.2, 0) is 9.68 Å². The van der Waals surface area contributed by atoms with Crippen molar-refractivity contribution >= 4 is 12.2 Å². The highest BCUT2D eigenvalue weighted by Gasteiger charge is 1.94. The summed E-state index contributed by atoms with van der Waals surface area (Å²) in [4.78, 5) is 26.8. The summed E-state index contributed by atoms with van der Waals surface area (Å²) in [7, 11) is 0. The van der Waals surface area contributed by atoms with Crippen molar-refractivity contribution < 1.29 is 19.3 Å². The molecule has 0 heterocycles. The van der Waals surface area contributed by atoms with Gasteiger partial charge in [0.1, 0.15) is 0 Å². The van der Waals surface area contributed by atoms with Crippen LogP contribution in [0.15, 0.2) is 0 Å². The molecule has 52 valence electrons. The zero-order valence-corrected chi connectivity index (χ0v) is 4.29. The molecule has 0 fully saturated rings. The fourth-order valence-corrected chi connectivity index (χ4v) is 0.103. The van der Waals surface area contributed by atoms with Crippen LogP contribution in [0.5, 0.6) is 0 Å². The highest BCUT2D eigenvalue weighted by molar-refractivity contribution is 5.65. The molecule has 0 aliphatic rings. The molecule has 0 saturated heterocycles. The third kappa shape index (κ3) is 6.50. The summed E-state index contributed by atoms with van der Waals surface area (Å²) in [6.45, 7) is 0. The Labute approximate surface area is 49.8 Å². The Hall–Kier alpha value is -1.50. The first kappa shape index (κ1) is 7.50. The van der Waals surface area contributed by atoms with Crippen molar-refractivity contribution in [2.75, 3.05) is 0 Å². The Morgan fingerprint density at radius 2 is 1.44 bits per heavy atom. The molecule has 0 aliphatic carbocycles. The molecule has 0 aromatic rings. The number of nitrogens with two attached hydrogens (primary N) is 2. The Kier molecular flexibility index (Phi) is 2.91. The molecule has 0 atom stereocenters. The van der Waals surface area contributed by atoms with Crippen LogP contribution in [0.2, 0.25) is 0 Å². The number of carbonyl (C=O) groups is 2. The maximum absolute atomic E-state index is 9.69. The molecule has 9 heavy (non-hydrogen) atoms. The lowest BCUT2D eigenvalue weighted by Gasteiger charge is -1.98. The molecule has 0 aromatic carbocycles. The van der Waals surface area contributed by atoms with Crippen LogP contribution < -0.4 is 17.1 Å². The van der Waals surface area contributed by atoms with Crippen molar-refractivity contribution in [3.05, 3.63) is 0 Å². The van der Waals surface area contributed by atoms with Crippen molar-refractivity contribution in [3.8, 4) is 0 Å². The maximum Gasteiger partial charge on any atom is 0.426 e. The third-order valence-electron chi connectivity index (χ3n) is 0.285. The molecule has 0 unspecified atom stereocenters. The fourth-order valence-electron chi connectivity index (χ4n) is 0.103. The van der Waals surface area contributed by atoms with Crippen LogP contribution in [-0.4, -0.2) is 12.2 Å². The molecule has 0 rings (SSSR count). The van der Waals surface area contributed by atoms with Crippen LogP contribution >= 0.6 is 0 Å². The summed E-state index contributed by atoms with van der Waals surface area (Å²) in [6, 6.07) is 0. The van der Waals surface area contributed by atoms with Gasteiger partial charge in [0.2, 0.25) is 0 Å². The topological polar surface area (TPSA) is 117 Å². The second kappa shape index (κ2) is 3.50. The predicted molar refractivity (Wildman–Crippen MR) is 24.5 cm³/mol. The minimum atomic E-state index is -1.13. The van der Waals surface area contributed by atoms with Gasteiger partial charge in [-0.25, -0.2) is 9.59 Å². The average Bonchev–Trinajstić information content (AvgIpc) is 1.63. The van der Waals surface area contributed by atoms with Gasteiger partial charge in [0.25, 0.3) is 0 Å². The van der Waals surface area contributed by atoms with E-state index in [2.05, 4.69) is 21.1 Å². The smallest absolute Gasteiger partial charge is 0.333 e. The summed E-state index contributed by atoms with van der Waals surface area (Å²) in [5.74, 6) is 0. The largest absolute Gasteiger partial charge is 0.426 e. The van der Waals surface area contributed by atoms with E-state index in [0.29, 0.717) is 0 Å². The van der Waals surface area contributed by atoms with E-state index in [1.807, 2.05) is 0 Å². The maximum atomic E-state index is 9.69. The molecule has 0 aromatic heterocycles. The number of hydrogen-bond donors (Lipinski definition) is 3. The predicted octanol–water partition coefficient (Wildman–Crippen LogP) is -1.40. The normalized spacial score (nSPS) is 8.00. The lowest BCUT2D eigenvalue weighted by atomic mass is 11.3. The third-order valence-corrected chi connectivity index (χ3v) is 0.285. The van der Waals surface area contributed by atoms with Crippen molar-refractivity contribution in [1.82, 2.24) is 5.64 Å². The molecule has 7 heteroatoms. The summed E-state index contributed by atoms with van der Waals surface area (Å²) < 4.78 is 0. The van der Waals surface area contributed by atoms with E-state index in [-0.39, 0.29) is 0 Å². The van der Waals surface area contributed by atoms with Crippen molar-refractivity contribution in [3.63, 3.8) is 0 Å². The average molecular weight is 135 g/mol. The van der Waals surface area contributed by atoms with E-state index in [4.69, 9.17) is 0 Å². The van der Waals surface area contributed by atoms with Crippen molar-refractivity contribution in [1.29, 1.82) is 0 Å². The van der Waals surface area contributed by atoms with Crippen LogP contribution in [0.4, 0.5) is 9.59 Å². The van der Waals surface area contributed by atoms with Gasteiger partial charge in [-0.15, -0.1) is 0 Å². The van der Waals surface area contributed by atoms with E-state index in [1.165, 1.54) is 5.64 Å². The number of carbonyl (C=O) groups excluding carboxylic acids is 2. The molecule has 0 radical (unpaired) electrons. The molecule has 0 bridgehead atoms. The van der Waals surface area contributed by atoms with E-state index in [0.717, 1.165) is 0 Å². The SMILES string of the molecule is NC(=O)ONOC(N)=O. The van der Waals surface area contributed by atoms with Gasteiger partial charge in [-0.3, -0.25) is 0 Å². The van der Waals surface area contributed by atoms with Crippen LogP contribution in [0.25, 0.3) is 0 Å². The van der Waals surface area contributed by atoms with E-state index >= 15 is 0 Å². The van der Waals surface area contributed by atoms with Crippen LogP contribution in [0, 0.1) is 0 Å². The Morgan fingerprint density at radius 3 is 1.67 bits per heavy atom. The van der Waals surface area contributed by atoms with Gasteiger partial charge in [-0.05, 0) is 0 Å². The van der Waals surface area contributed by atoms with Crippen molar-refractivity contribution in [2.24, 2.45) is 11.5 Å². The highest BCUT2D eigenvalue weighted by atomic mass is 16.9. The van der Waals surface area contributed by atoms with Crippen molar-refractivity contribution in [2.45, 2.75) is 0 Å². The summed E-state index contributed by atoms with van der Waals surface area (Å²) >= 11 is 0. The standard InChI is InChI=1S/C2H5N3O4/c3-1(6)8-5-9-2(4)7/h5H,(H2,3,6)(H2,4,7). The summed E-state index contributed by atoms with van der Waals surface area (Å²) in [6.07, 6.45) is -2.26. The van der Waals surface area contributed by atoms with Crippen LogP contribution in [0.3, 0.4) is 0 Å². The minimum absolute atomic E-state index is 1.13. The van der Waals surface area contributed by atoms with Crippen LogP contribution in [0.1, 0.15) is 0 Å². The number of nitrogens with one attached hydrogen (secondary N) is 1. The zero-order chi connectivity index (χ0) is 7.28. The van der Waals surface area contributed by atoms with Gasteiger partial charge in [0, 0.05) is 5.64 Å². The molecule has 0 saturated carbocycles. The van der Waals surface area contributed by atoms with E-state index in [1.54, 1.807) is 0 Å². The van der Waals surface area contributed by atoms with Gasteiger partial charge in [0.05, 0.1) is 0 Å². The molecule has 5 N–H and O–H groups in total. The Morgan fingerprint density at radius 1 is 1.11 bits per heavy atom. The van der Waals surface area contributed by atoms with Gasteiger partial charge in [0.15, 0.2) is 0 Å². The lowest BCUT2D eigenvalue weighted by Crippen LogP contribution is -2.29. The number of amides is 2. The molecule has 0 spiro atoms. The fraction of sp³-hybridized carbons (Fsp3) is 0. The number of primary amides is 2. The van der Waals surface area contributed by atoms with E-state index in [9.17, 15) is 9.59 Å². The molecular formula is C2H5N3O4. The highest BCUT2D eigenvalue weighted by Crippen LogP contribution is 1.66. The zero-order valence-electron chi connectivity index (χ0n) is 4.29. The first-order chi connectivity index (χ1) is 4.13. The second-order valence-corrected chi connectivity index (χ2v) is 0.926. The van der Waals surface area contributed by atoms with Gasteiger partial charge >= 0.3 is 12.2 Å². The molecule has 2 amide bonds.